The summed E-state index contributed by atoms with van der Waals surface area (Å²) in [6.07, 6.45) is 6.93. The molecule has 1 saturated carbocycles. The highest BCUT2D eigenvalue weighted by molar-refractivity contribution is 4.98. The summed E-state index contributed by atoms with van der Waals surface area (Å²) in [5, 5.41) is 3.85. The zero-order valence-electron chi connectivity index (χ0n) is 12.2. The molecular weight excluding hydrogens is 208 g/mol. The van der Waals surface area contributed by atoms with E-state index in [2.05, 4.69) is 37.9 Å². The Bertz CT molecular complexity index is 248. The van der Waals surface area contributed by atoms with Crippen LogP contribution in [-0.4, -0.2) is 36.1 Å². The number of nitrogens with one attached hydrogen (secondary N) is 1. The Labute approximate surface area is 107 Å². The van der Waals surface area contributed by atoms with Gasteiger partial charge in [-0.3, -0.25) is 4.90 Å². The van der Waals surface area contributed by atoms with E-state index in [1.807, 2.05) is 0 Å². The summed E-state index contributed by atoms with van der Waals surface area (Å²) in [5.74, 6) is 0. The van der Waals surface area contributed by atoms with Gasteiger partial charge in [0.2, 0.25) is 0 Å². The van der Waals surface area contributed by atoms with Gasteiger partial charge in [-0.15, -0.1) is 0 Å². The zero-order valence-corrected chi connectivity index (χ0v) is 12.2. The zero-order chi connectivity index (χ0) is 12.5. The Kier molecular flexibility index (Phi) is 3.84. The van der Waals surface area contributed by atoms with Gasteiger partial charge < -0.3 is 5.32 Å². The van der Waals surface area contributed by atoms with E-state index in [1.165, 1.54) is 51.7 Å². The maximum atomic E-state index is 3.85. The van der Waals surface area contributed by atoms with Gasteiger partial charge in [-0.1, -0.05) is 33.6 Å². The number of hydrogen-bond donors (Lipinski definition) is 1. The van der Waals surface area contributed by atoms with Crippen molar-refractivity contribution in [3.63, 3.8) is 0 Å². The lowest BCUT2D eigenvalue weighted by Gasteiger charge is -2.41. The first-order valence-corrected chi connectivity index (χ1v) is 7.42. The molecule has 1 aliphatic carbocycles. The van der Waals surface area contributed by atoms with Crippen molar-refractivity contribution in [2.24, 2.45) is 5.41 Å². The Morgan fingerprint density at radius 2 is 1.76 bits per heavy atom. The van der Waals surface area contributed by atoms with E-state index < -0.39 is 0 Å². The third-order valence-electron chi connectivity index (χ3n) is 4.99. The van der Waals surface area contributed by atoms with Crippen molar-refractivity contribution in [2.75, 3.05) is 19.6 Å². The highest BCUT2D eigenvalue weighted by atomic mass is 15.2. The monoisotopic (exact) mass is 238 g/mol. The summed E-state index contributed by atoms with van der Waals surface area (Å²) >= 11 is 0. The van der Waals surface area contributed by atoms with Gasteiger partial charge in [0.15, 0.2) is 0 Å². The normalized spacial score (nSPS) is 28.2. The van der Waals surface area contributed by atoms with Crippen LogP contribution >= 0.6 is 0 Å². The van der Waals surface area contributed by atoms with Crippen molar-refractivity contribution in [1.29, 1.82) is 0 Å². The fourth-order valence-electron chi connectivity index (χ4n) is 3.42. The van der Waals surface area contributed by atoms with Crippen LogP contribution in [0.25, 0.3) is 0 Å². The molecule has 0 radical (unpaired) electrons. The van der Waals surface area contributed by atoms with Crippen LogP contribution in [0, 0.1) is 5.41 Å². The van der Waals surface area contributed by atoms with E-state index in [0.29, 0.717) is 17.0 Å². The molecule has 2 nitrogen and oxygen atoms in total. The van der Waals surface area contributed by atoms with Gasteiger partial charge in [0.25, 0.3) is 0 Å². The van der Waals surface area contributed by atoms with Crippen molar-refractivity contribution in [3.8, 4) is 0 Å². The minimum absolute atomic E-state index is 0.393. The van der Waals surface area contributed by atoms with Crippen LogP contribution < -0.4 is 5.32 Å². The third-order valence-corrected chi connectivity index (χ3v) is 4.99. The lowest BCUT2D eigenvalue weighted by molar-refractivity contribution is 0.0918. The molecule has 1 heterocycles. The molecule has 0 aromatic rings. The summed E-state index contributed by atoms with van der Waals surface area (Å²) in [4.78, 5) is 2.74. The van der Waals surface area contributed by atoms with E-state index in [1.54, 1.807) is 0 Å². The van der Waals surface area contributed by atoms with Crippen molar-refractivity contribution in [2.45, 2.75) is 71.4 Å². The molecule has 17 heavy (non-hydrogen) atoms. The van der Waals surface area contributed by atoms with Crippen molar-refractivity contribution < 1.29 is 0 Å². The van der Waals surface area contributed by atoms with Gasteiger partial charge in [-0.05, 0) is 44.7 Å². The van der Waals surface area contributed by atoms with E-state index in [9.17, 15) is 0 Å². The first kappa shape index (κ1) is 13.4. The second kappa shape index (κ2) is 4.89. The van der Waals surface area contributed by atoms with Crippen LogP contribution in [0.1, 0.15) is 59.8 Å². The highest BCUT2D eigenvalue weighted by Crippen LogP contribution is 2.34. The van der Waals surface area contributed by atoms with E-state index in [0.717, 1.165) is 0 Å². The molecule has 1 unspecified atom stereocenters. The van der Waals surface area contributed by atoms with Gasteiger partial charge in [0.1, 0.15) is 0 Å². The smallest absolute Gasteiger partial charge is 0.0308 e. The molecular formula is C15H30N2. The lowest BCUT2D eigenvalue weighted by atomic mass is 9.85. The minimum atomic E-state index is 0.393. The number of rotatable bonds is 1. The molecule has 0 aromatic carbocycles. The van der Waals surface area contributed by atoms with E-state index in [4.69, 9.17) is 0 Å². The fraction of sp³-hybridized carbons (Fsp3) is 1.00. The molecule has 0 bridgehead atoms. The quantitative estimate of drug-likeness (QED) is 0.755. The Morgan fingerprint density at radius 1 is 1.12 bits per heavy atom. The fourth-order valence-corrected chi connectivity index (χ4v) is 3.42. The van der Waals surface area contributed by atoms with Crippen molar-refractivity contribution >= 4 is 0 Å². The molecule has 1 aliphatic heterocycles. The van der Waals surface area contributed by atoms with Gasteiger partial charge in [-0.25, -0.2) is 0 Å². The molecule has 1 N–H and O–H groups in total. The minimum Gasteiger partial charge on any atom is -0.310 e. The molecule has 1 spiro atoms. The van der Waals surface area contributed by atoms with Gasteiger partial charge >= 0.3 is 0 Å². The predicted octanol–water partition coefficient (Wildman–Crippen LogP) is 3.03. The summed E-state index contributed by atoms with van der Waals surface area (Å²) in [6.45, 7) is 13.3. The largest absolute Gasteiger partial charge is 0.310 e. The maximum Gasteiger partial charge on any atom is 0.0308 e. The highest BCUT2D eigenvalue weighted by Gasteiger charge is 2.39. The predicted molar refractivity (Wildman–Crippen MR) is 74.3 cm³/mol. The maximum absolute atomic E-state index is 3.85. The van der Waals surface area contributed by atoms with E-state index >= 15 is 0 Å². The third kappa shape index (κ3) is 3.03. The molecule has 0 amide bonds. The first-order valence-electron chi connectivity index (χ1n) is 7.42. The molecule has 2 rings (SSSR count). The summed E-state index contributed by atoms with van der Waals surface area (Å²) < 4.78 is 0. The van der Waals surface area contributed by atoms with Crippen LogP contribution in [0.3, 0.4) is 0 Å². The summed E-state index contributed by atoms with van der Waals surface area (Å²) in [6, 6.07) is 0.680. The molecule has 2 heteroatoms. The van der Waals surface area contributed by atoms with Gasteiger partial charge in [0.05, 0.1) is 0 Å². The van der Waals surface area contributed by atoms with Crippen LogP contribution in [0.2, 0.25) is 0 Å². The topological polar surface area (TPSA) is 15.3 Å². The second-order valence-corrected chi connectivity index (χ2v) is 7.28. The second-order valence-electron chi connectivity index (χ2n) is 7.28. The Balaban J connectivity index is 2.07. The van der Waals surface area contributed by atoms with E-state index in [-0.39, 0.29) is 0 Å². The first-order chi connectivity index (χ1) is 7.93. The summed E-state index contributed by atoms with van der Waals surface area (Å²) in [7, 11) is 0. The van der Waals surface area contributed by atoms with Crippen LogP contribution in [0.5, 0.6) is 0 Å². The molecule has 1 saturated heterocycles. The molecule has 2 aliphatic rings. The number of nitrogens with zero attached hydrogens (tertiary/aromatic N) is 1. The van der Waals surface area contributed by atoms with Crippen LogP contribution in [-0.2, 0) is 0 Å². The average molecular weight is 238 g/mol. The Hall–Kier alpha value is -0.0800. The molecule has 1 atom stereocenters. The van der Waals surface area contributed by atoms with Crippen molar-refractivity contribution in [1.82, 2.24) is 10.2 Å². The SMILES string of the molecule is CC(N1CCCNC2(CCCC2)C1)C(C)(C)C. The molecule has 100 valence electrons. The van der Waals surface area contributed by atoms with Gasteiger partial charge in [0, 0.05) is 18.1 Å². The standard InChI is InChI=1S/C15H30N2/c1-13(14(2,3)4)17-11-7-10-16-15(12-17)8-5-6-9-15/h13,16H,5-12H2,1-4H3. The van der Waals surface area contributed by atoms with Gasteiger partial charge in [-0.2, -0.15) is 0 Å². The lowest BCUT2D eigenvalue weighted by Crippen LogP contribution is -2.53. The van der Waals surface area contributed by atoms with Crippen LogP contribution in [0.4, 0.5) is 0 Å². The van der Waals surface area contributed by atoms with Crippen LogP contribution in [0.15, 0.2) is 0 Å². The molecule has 0 aromatic heterocycles. The summed E-state index contributed by atoms with van der Waals surface area (Å²) in [5.41, 5.74) is 0.847. The van der Waals surface area contributed by atoms with Crippen molar-refractivity contribution in [3.05, 3.63) is 0 Å². The number of hydrogen-bond acceptors (Lipinski definition) is 2. The molecule has 2 fully saturated rings. The Morgan fingerprint density at radius 3 is 2.35 bits per heavy atom. The average Bonchev–Trinajstić information content (AvgIpc) is 2.58.